The van der Waals surface area contributed by atoms with Crippen molar-refractivity contribution in [1.82, 2.24) is 0 Å². The largest absolute Gasteiger partial charge is 0.489 e. The van der Waals surface area contributed by atoms with Crippen molar-refractivity contribution < 1.29 is 9.13 Å². The summed E-state index contributed by atoms with van der Waals surface area (Å²) in [5.74, 6) is 0.495. The molecule has 4 heteroatoms. The summed E-state index contributed by atoms with van der Waals surface area (Å²) in [6.07, 6.45) is 0. The zero-order valence-corrected chi connectivity index (χ0v) is 12.4. The molecule has 0 aliphatic rings. The summed E-state index contributed by atoms with van der Waals surface area (Å²) in [4.78, 5) is 0. The molecule has 0 aliphatic heterocycles. The zero-order chi connectivity index (χ0) is 14.0. The Bertz CT molecular complexity index is 613. The Morgan fingerprint density at radius 1 is 1.16 bits per heavy atom. The van der Waals surface area contributed by atoms with Gasteiger partial charge in [-0.1, -0.05) is 15.9 Å². The molecule has 2 nitrogen and oxygen atoms in total. The maximum Gasteiger partial charge on any atom is 0.123 e. The fraction of sp³-hybridized carbons (Fsp3) is 0.200. The SMILES string of the molecule is Cc1cc(OCc2cc(F)ccc2Br)c(C)cc1N. The number of anilines is 1. The lowest BCUT2D eigenvalue weighted by Gasteiger charge is -2.12. The quantitative estimate of drug-likeness (QED) is 0.851. The third-order valence-corrected chi connectivity index (χ3v) is 3.73. The second-order valence-corrected chi connectivity index (χ2v) is 5.35. The van der Waals surface area contributed by atoms with E-state index in [1.165, 1.54) is 12.1 Å². The highest BCUT2D eigenvalue weighted by molar-refractivity contribution is 9.10. The molecule has 0 aliphatic carbocycles. The molecule has 0 fully saturated rings. The number of halogens is 2. The lowest BCUT2D eigenvalue weighted by Crippen LogP contribution is -2.00. The van der Waals surface area contributed by atoms with Crippen LogP contribution < -0.4 is 10.5 Å². The second-order valence-electron chi connectivity index (χ2n) is 4.50. The first kappa shape index (κ1) is 13.9. The second kappa shape index (κ2) is 5.61. The maximum atomic E-state index is 13.2. The van der Waals surface area contributed by atoms with Gasteiger partial charge in [-0.3, -0.25) is 0 Å². The molecule has 0 aromatic heterocycles. The van der Waals surface area contributed by atoms with Gasteiger partial charge in [-0.2, -0.15) is 0 Å². The van der Waals surface area contributed by atoms with E-state index in [2.05, 4.69) is 15.9 Å². The summed E-state index contributed by atoms with van der Waals surface area (Å²) in [6, 6.07) is 8.33. The van der Waals surface area contributed by atoms with Crippen LogP contribution in [0.1, 0.15) is 16.7 Å². The van der Waals surface area contributed by atoms with Gasteiger partial charge in [0.05, 0.1) is 0 Å². The van der Waals surface area contributed by atoms with Crippen LogP contribution in [0.5, 0.6) is 5.75 Å². The fourth-order valence-corrected chi connectivity index (χ4v) is 2.14. The van der Waals surface area contributed by atoms with Crippen LogP contribution in [0.3, 0.4) is 0 Å². The van der Waals surface area contributed by atoms with Crippen molar-refractivity contribution >= 4 is 21.6 Å². The van der Waals surface area contributed by atoms with Crippen LogP contribution in [0.25, 0.3) is 0 Å². The molecule has 100 valence electrons. The summed E-state index contributed by atoms with van der Waals surface area (Å²) in [6.45, 7) is 4.17. The van der Waals surface area contributed by atoms with Gasteiger partial charge in [0.25, 0.3) is 0 Å². The van der Waals surface area contributed by atoms with Crippen molar-refractivity contribution in [3.63, 3.8) is 0 Å². The van der Waals surface area contributed by atoms with E-state index in [4.69, 9.17) is 10.5 Å². The van der Waals surface area contributed by atoms with Crippen molar-refractivity contribution in [3.05, 3.63) is 57.3 Å². The Morgan fingerprint density at radius 2 is 1.89 bits per heavy atom. The van der Waals surface area contributed by atoms with E-state index < -0.39 is 0 Å². The highest BCUT2D eigenvalue weighted by Gasteiger charge is 2.06. The van der Waals surface area contributed by atoms with Crippen molar-refractivity contribution in [2.75, 3.05) is 5.73 Å². The van der Waals surface area contributed by atoms with Gasteiger partial charge in [-0.05, 0) is 55.3 Å². The first-order chi connectivity index (χ1) is 8.97. The number of benzene rings is 2. The van der Waals surface area contributed by atoms with Crippen molar-refractivity contribution in [2.24, 2.45) is 0 Å². The van der Waals surface area contributed by atoms with Gasteiger partial charge < -0.3 is 10.5 Å². The smallest absolute Gasteiger partial charge is 0.123 e. The van der Waals surface area contributed by atoms with E-state index in [0.717, 1.165) is 32.6 Å². The Morgan fingerprint density at radius 3 is 2.63 bits per heavy atom. The van der Waals surface area contributed by atoms with E-state index in [1.807, 2.05) is 26.0 Å². The van der Waals surface area contributed by atoms with Gasteiger partial charge in [-0.15, -0.1) is 0 Å². The molecule has 0 saturated heterocycles. The summed E-state index contributed by atoms with van der Waals surface area (Å²) >= 11 is 3.38. The van der Waals surface area contributed by atoms with Crippen LogP contribution in [-0.4, -0.2) is 0 Å². The number of aryl methyl sites for hydroxylation is 2. The molecule has 2 aromatic rings. The monoisotopic (exact) mass is 323 g/mol. The number of nitrogen functional groups attached to an aromatic ring is 1. The first-order valence-corrected chi connectivity index (χ1v) is 6.70. The molecule has 19 heavy (non-hydrogen) atoms. The molecular weight excluding hydrogens is 309 g/mol. The van der Waals surface area contributed by atoms with Crippen molar-refractivity contribution in [2.45, 2.75) is 20.5 Å². The third-order valence-electron chi connectivity index (χ3n) is 2.95. The molecular formula is C15H15BrFNO. The van der Waals surface area contributed by atoms with E-state index in [9.17, 15) is 4.39 Å². The van der Waals surface area contributed by atoms with Gasteiger partial charge in [0, 0.05) is 15.7 Å². The molecule has 0 heterocycles. The molecule has 2 N–H and O–H groups in total. The zero-order valence-electron chi connectivity index (χ0n) is 10.8. The Balaban J connectivity index is 2.19. The van der Waals surface area contributed by atoms with Gasteiger partial charge in [0.15, 0.2) is 0 Å². The maximum absolute atomic E-state index is 13.2. The predicted octanol–water partition coefficient (Wildman–Crippen LogP) is 4.37. The minimum atomic E-state index is -0.271. The first-order valence-electron chi connectivity index (χ1n) is 5.91. The number of hydrogen-bond donors (Lipinski definition) is 1. The van der Waals surface area contributed by atoms with Crippen LogP contribution in [0.15, 0.2) is 34.8 Å². The average Bonchev–Trinajstić information content (AvgIpc) is 2.36. The minimum absolute atomic E-state index is 0.271. The number of nitrogens with two attached hydrogens (primary N) is 1. The molecule has 0 radical (unpaired) electrons. The molecule has 0 saturated carbocycles. The van der Waals surface area contributed by atoms with E-state index in [1.54, 1.807) is 6.07 Å². The van der Waals surface area contributed by atoms with Crippen LogP contribution >= 0.6 is 15.9 Å². The molecule has 0 atom stereocenters. The summed E-state index contributed by atoms with van der Waals surface area (Å²) in [5, 5.41) is 0. The Kier molecular flexibility index (Phi) is 4.10. The average molecular weight is 324 g/mol. The van der Waals surface area contributed by atoms with E-state index in [0.29, 0.717) is 6.61 Å². The predicted molar refractivity (Wildman–Crippen MR) is 78.8 cm³/mol. The third kappa shape index (κ3) is 3.26. The number of rotatable bonds is 3. The molecule has 0 amide bonds. The standard InChI is InChI=1S/C15H15BrFNO/c1-9-6-15(10(2)5-14(9)18)19-8-11-7-12(17)3-4-13(11)16/h3-7H,8,18H2,1-2H3. The lowest BCUT2D eigenvalue weighted by molar-refractivity contribution is 0.302. The van der Waals surface area contributed by atoms with E-state index in [-0.39, 0.29) is 5.82 Å². The fourth-order valence-electron chi connectivity index (χ4n) is 1.78. The van der Waals surface area contributed by atoms with Gasteiger partial charge in [0.1, 0.15) is 18.2 Å². The van der Waals surface area contributed by atoms with Crippen molar-refractivity contribution in [1.29, 1.82) is 0 Å². The van der Waals surface area contributed by atoms with Gasteiger partial charge in [-0.25, -0.2) is 4.39 Å². The summed E-state index contributed by atoms with van der Waals surface area (Å²) in [5.41, 5.74) is 9.29. The molecule has 0 unspecified atom stereocenters. The number of hydrogen-bond acceptors (Lipinski definition) is 2. The van der Waals surface area contributed by atoms with Gasteiger partial charge in [0.2, 0.25) is 0 Å². The topological polar surface area (TPSA) is 35.2 Å². The highest BCUT2D eigenvalue weighted by atomic mass is 79.9. The van der Waals surface area contributed by atoms with Gasteiger partial charge >= 0.3 is 0 Å². The molecule has 2 aromatic carbocycles. The van der Waals surface area contributed by atoms with Crippen LogP contribution in [0.2, 0.25) is 0 Å². The summed E-state index contributed by atoms with van der Waals surface area (Å²) in [7, 11) is 0. The van der Waals surface area contributed by atoms with Crippen LogP contribution in [0.4, 0.5) is 10.1 Å². The molecule has 2 rings (SSSR count). The molecule has 0 bridgehead atoms. The molecule has 0 spiro atoms. The number of ether oxygens (including phenoxy) is 1. The van der Waals surface area contributed by atoms with Crippen molar-refractivity contribution in [3.8, 4) is 5.75 Å². The summed E-state index contributed by atoms with van der Waals surface area (Å²) < 4.78 is 19.8. The van der Waals surface area contributed by atoms with Crippen LogP contribution in [-0.2, 0) is 6.61 Å². The minimum Gasteiger partial charge on any atom is -0.489 e. The lowest BCUT2D eigenvalue weighted by atomic mass is 10.1. The van der Waals surface area contributed by atoms with E-state index >= 15 is 0 Å². The highest BCUT2D eigenvalue weighted by Crippen LogP contribution is 2.26. The Labute approximate surface area is 120 Å². The van der Waals surface area contributed by atoms with Crippen LogP contribution in [0, 0.1) is 19.7 Å². The normalized spacial score (nSPS) is 10.5. The Hall–Kier alpha value is -1.55.